The molecule has 0 amide bonds. The molecular formula is C28H33NO6. The van der Waals surface area contributed by atoms with E-state index in [4.69, 9.17) is 24.5 Å². The van der Waals surface area contributed by atoms with Gasteiger partial charge in [0, 0.05) is 6.42 Å². The lowest BCUT2D eigenvalue weighted by Crippen LogP contribution is -2.32. The summed E-state index contributed by atoms with van der Waals surface area (Å²) in [7, 11) is 0. The minimum Gasteiger partial charge on any atom is -0.494 e. The molecule has 2 aromatic carbocycles. The number of hydrogen-bond acceptors (Lipinski definition) is 7. The van der Waals surface area contributed by atoms with Crippen LogP contribution in [0.5, 0.6) is 11.5 Å². The Morgan fingerprint density at radius 1 is 1.00 bits per heavy atom. The second kappa shape index (κ2) is 14.9. The van der Waals surface area contributed by atoms with Gasteiger partial charge < -0.3 is 14.6 Å². The number of carbonyl (C=O) groups excluding carboxylic acids is 1. The molecule has 2 unspecified atom stereocenters. The zero-order valence-corrected chi connectivity index (χ0v) is 19.9. The van der Waals surface area contributed by atoms with Gasteiger partial charge in [-0.05, 0) is 74.1 Å². The zero-order valence-electron chi connectivity index (χ0n) is 19.9. The summed E-state index contributed by atoms with van der Waals surface area (Å²) in [4.78, 5) is 22.9. The highest BCUT2D eigenvalue weighted by Crippen LogP contribution is 2.21. The molecule has 35 heavy (non-hydrogen) atoms. The van der Waals surface area contributed by atoms with E-state index >= 15 is 0 Å². The molecule has 0 spiro atoms. The van der Waals surface area contributed by atoms with E-state index in [2.05, 4.69) is 6.07 Å². The van der Waals surface area contributed by atoms with E-state index < -0.39 is 12.1 Å². The molecule has 0 aliphatic heterocycles. The van der Waals surface area contributed by atoms with Crippen molar-refractivity contribution in [1.82, 2.24) is 0 Å². The standard InChI is InChI=1S/C28H33NO6/c29-19-5-1-2-6-20-32-24-17-13-23(14-18-24)28(31)34-25-15-11-22(12-16-25)8-7-21-33-35-27-10-4-3-9-26(27)30/h7-8,11-18,26-27,30H,1-6,9-10,20-21H2/b8-7+. The number of hydrogen-bond donors (Lipinski definition) is 1. The molecule has 1 saturated carbocycles. The highest BCUT2D eigenvalue weighted by molar-refractivity contribution is 5.91. The monoisotopic (exact) mass is 479 g/mol. The van der Waals surface area contributed by atoms with Gasteiger partial charge in [0.25, 0.3) is 0 Å². The molecule has 7 heteroatoms. The molecule has 0 bridgehead atoms. The van der Waals surface area contributed by atoms with Crippen LogP contribution in [0.15, 0.2) is 54.6 Å². The molecule has 2 aromatic rings. The summed E-state index contributed by atoms with van der Waals surface area (Å²) in [6.07, 6.45) is 9.96. The zero-order chi connectivity index (χ0) is 24.7. The molecule has 1 N–H and O–H groups in total. The van der Waals surface area contributed by atoms with Crippen molar-refractivity contribution in [3.63, 3.8) is 0 Å². The largest absolute Gasteiger partial charge is 0.494 e. The lowest BCUT2D eigenvalue weighted by Gasteiger charge is -2.25. The fraction of sp³-hybridized carbons (Fsp3) is 0.429. The third kappa shape index (κ3) is 9.53. The van der Waals surface area contributed by atoms with Crippen molar-refractivity contribution in [3.8, 4) is 17.6 Å². The Bertz CT molecular complexity index is 964. The predicted molar refractivity (Wildman–Crippen MR) is 132 cm³/mol. The third-order valence-corrected chi connectivity index (χ3v) is 5.72. The van der Waals surface area contributed by atoms with E-state index in [1.165, 1.54) is 0 Å². The van der Waals surface area contributed by atoms with Crippen LogP contribution in [0, 0.1) is 11.3 Å². The topological polar surface area (TPSA) is 98.0 Å². The minimum atomic E-state index is -0.453. The number of nitriles is 1. The Hall–Kier alpha value is -3.18. The number of carbonyl (C=O) groups is 1. The molecule has 0 heterocycles. The molecular weight excluding hydrogens is 446 g/mol. The first-order chi connectivity index (χ1) is 17.2. The van der Waals surface area contributed by atoms with Crippen molar-refractivity contribution in [2.45, 2.75) is 63.6 Å². The van der Waals surface area contributed by atoms with E-state index in [1.807, 2.05) is 24.3 Å². The molecule has 7 nitrogen and oxygen atoms in total. The number of aliphatic hydroxyl groups is 1. The van der Waals surface area contributed by atoms with Crippen LogP contribution in [0.4, 0.5) is 0 Å². The summed E-state index contributed by atoms with van der Waals surface area (Å²) < 4.78 is 11.1. The van der Waals surface area contributed by atoms with Crippen molar-refractivity contribution in [2.24, 2.45) is 0 Å². The van der Waals surface area contributed by atoms with Crippen molar-refractivity contribution in [2.75, 3.05) is 13.2 Å². The van der Waals surface area contributed by atoms with Gasteiger partial charge in [0.05, 0.1) is 24.3 Å². The Morgan fingerprint density at radius 3 is 2.49 bits per heavy atom. The first-order valence-corrected chi connectivity index (χ1v) is 12.2. The Balaban J connectivity index is 1.36. The van der Waals surface area contributed by atoms with Crippen LogP contribution in [-0.2, 0) is 9.78 Å². The maximum atomic E-state index is 12.4. The van der Waals surface area contributed by atoms with Crippen LogP contribution in [-0.4, -0.2) is 36.5 Å². The van der Waals surface area contributed by atoms with Gasteiger partial charge in [-0.25, -0.2) is 14.6 Å². The Kier molecular flexibility index (Phi) is 11.3. The number of benzene rings is 2. The number of unbranched alkanes of at least 4 members (excludes halogenated alkanes) is 3. The van der Waals surface area contributed by atoms with E-state index in [0.29, 0.717) is 30.1 Å². The van der Waals surface area contributed by atoms with Crippen LogP contribution in [0.2, 0.25) is 0 Å². The highest BCUT2D eigenvalue weighted by Gasteiger charge is 2.24. The van der Waals surface area contributed by atoms with Gasteiger partial charge in [0.2, 0.25) is 0 Å². The summed E-state index contributed by atoms with van der Waals surface area (Å²) in [5.41, 5.74) is 1.37. The van der Waals surface area contributed by atoms with Gasteiger partial charge in [-0.15, -0.1) is 0 Å². The van der Waals surface area contributed by atoms with E-state index in [9.17, 15) is 9.90 Å². The summed E-state index contributed by atoms with van der Waals surface area (Å²) in [5.74, 6) is 0.713. The molecule has 1 fully saturated rings. The SMILES string of the molecule is N#CCCCCCOc1ccc(C(=O)Oc2ccc(/C=C/COOC3CCCCC3O)cc2)cc1. The lowest BCUT2D eigenvalue weighted by atomic mass is 9.95. The number of ether oxygens (including phenoxy) is 2. The first-order valence-electron chi connectivity index (χ1n) is 12.2. The van der Waals surface area contributed by atoms with E-state index in [1.54, 1.807) is 36.4 Å². The van der Waals surface area contributed by atoms with Crippen molar-refractivity contribution in [3.05, 3.63) is 65.7 Å². The predicted octanol–water partition coefficient (Wildman–Crippen LogP) is 5.63. The fourth-order valence-corrected chi connectivity index (χ4v) is 3.71. The molecule has 2 atom stereocenters. The van der Waals surface area contributed by atoms with Crippen LogP contribution in [0.3, 0.4) is 0 Å². The van der Waals surface area contributed by atoms with Crippen LogP contribution >= 0.6 is 0 Å². The molecule has 3 rings (SSSR count). The Morgan fingerprint density at radius 2 is 1.74 bits per heavy atom. The number of esters is 1. The average molecular weight is 480 g/mol. The number of aliphatic hydroxyl groups excluding tert-OH is 1. The number of nitrogens with zero attached hydrogens (tertiary/aromatic N) is 1. The van der Waals surface area contributed by atoms with Crippen LogP contribution in [0.25, 0.3) is 6.08 Å². The van der Waals surface area contributed by atoms with Crippen molar-refractivity contribution < 1.29 is 29.1 Å². The highest BCUT2D eigenvalue weighted by atomic mass is 17.2. The summed E-state index contributed by atoms with van der Waals surface area (Å²) >= 11 is 0. The van der Waals surface area contributed by atoms with E-state index in [0.717, 1.165) is 50.5 Å². The molecule has 0 radical (unpaired) electrons. The average Bonchev–Trinajstić information content (AvgIpc) is 2.88. The van der Waals surface area contributed by atoms with Gasteiger partial charge in [0.15, 0.2) is 0 Å². The van der Waals surface area contributed by atoms with Gasteiger partial charge >= 0.3 is 5.97 Å². The summed E-state index contributed by atoms with van der Waals surface area (Å²) in [5, 5.41) is 18.4. The second-order valence-electron chi connectivity index (χ2n) is 8.47. The second-order valence-corrected chi connectivity index (χ2v) is 8.47. The molecule has 1 aliphatic rings. The Labute approximate surface area is 206 Å². The summed E-state index contributed by atoms with van der Waals surface area (Å²) in [6.45, 7) is 0.861. The fourth-order valence-electron chi connectivity index (χ4n) is 3.71. The quantitative estimate of drug-likeness (QED) is 0.131. The van der Waals surface area contributed by atoms with Gasteiger partial charge in [-0.1, -0.05) is 37.1 Å². The summed E-state index contributed by atoms with van der Waals surface area (Å²) in [6, 6.07) is 16.2. The smallest absolute Gasteiger partial charge is 0.343 e. The lowest BCUT2D eigenvalue weighted by molar-refractivity contribution is -0.335. The third-order valence-electron chi connectivity index (χ3n) is 5.72. The molecule has 0 saturated heterocycles. The molecule has 0 aromatic heterocycles. The maximum absolute atomic E-state index is 12.4. The number of rotatable bonds is 13. The first kappa shape index (κ1) is 26.4. The van der Waals surface area contributed by atoms with Crippen molar-refractivity contribution >= 4 is 12.0 Å². The van der Waals surface area contributed by atoms with Gasteiger partial charge in [-0.2, -0.15) is 5.26 Å². The van der Waals surface area contributed by atoms with Crippen LogP contribution < -0.4 is 9.47 Å². The minimum absolute atomic E-state index is 0.249. The van der Waals surface area contributed by atoms with Crippen molar-refractivity contribution in [1.29, 1.82) is 5.26 Å². The molecule has 1 aliphatic carbocycles. The van der Waals surface area contributed by atoms with Gasteiger partial charge in [0.1, 0.15) is 24.2 Å². The maximum Gasteiger partial charge on any atom is 0.343 e. The normalized spacial score (nSPS) is 17.7. The van der Waals surface area contributed by atoms with E-state index in [-0.39, 0.29) is 12.7 Å². The molecule has 186 valence electrons. The van der Waals surface area contributed by atoms with Gasteiger partial charge in [-0.3, -0.25) is 0 Å². The van der Waals surface area contributed by atoms with Crippen LogP contribution in [0.1, 0.15) is 67.3 Å².